The van der Waals surface area contributed by atoms with Gasteiger partial charge in [-0.25, -0.2) is 5.43 Å². The number of carbonyl (C=O) groups excluding carboxylic acids is 4. The van der Waals surface area contributed by atoms with Gasteiger partial charge in [0.1, 0.15) is 5.25 Å². The van der Waals surface area contributed by atoms with E-state index in [1.165, 1.54) is 0 Å². The molecule has 1 aliphatic heterocycles. The van der Waals surface area contributed by atoms with Crippen molar-refractivity contribution in [3.63, 3.8) is 0 Å². The van der Waals surface area contributed by atoms with Gasteiger partial charge in [-0.3, -0.25) is 29.5 Å². The Labute approximate surface area is 201 Å². The van der Waals surface area contributed by atoms with Crippen LogP contribution in [0.1, 0.15) is 67.2 Å². The minimum Gasteiger partial charge on any atom is -0.375 e. The van der Waals surface area contributed by atoms with Gasteiger partial charge in [-0.05, 0) is 26.7 Å². The lowest BCUT2D eigenvalue weighted by Gasteiger charge is -2.29. The van der Waals surface area contributed by atoms with Crippen LogP contribution in [0.2, 0.25) is 0 Å². The fourth-order valence-electron chi connectivity index (χ4n) is 2.83. The van der Waals surface area contributed by atoms with Crippen molar-refractivity contribution in [3.05, 3.63) is 0 Å². The highest BCUT2D eigenvalue weighted by atomic mass is 33.1. The topological polar surface area (TPSA) is 117 Å². The van der Waals surface area contributed by atoms with Gasteiger partial charge in [-0.2, -0.15) is 0 Å². The molecule has 32 heavy (non-hydrogen) atoms. The van der Waals surface area contributed by atoms with Crippen LogP contribution in [0, 0.1) is 5.41 Å². The summed E-state index contributed by atoms with van der Waals surface area (Å²) in [7, 11) is 2.69. The SMILES string of the molecule is CC.CNNC(=O)C(C)(C)CCOC(C)(C)CCNC(=O)CCN1C(=O)CC(SS)C1=O. The Bertz CT molecular complexity index is 644. The fourth-order valence-corrected chi connectivity index (χ4v) is 3.75. The maximum Gasteiger partial charge on any atom is 0.243 e. The number of carbonyl (C=O) groups is 4. The van der Waals surface area contributed by atoms with Crippen molar-refractivity contribution < 1.29 is 23.9 Å². The maximum atomic E-state index is 12.1. The molecule has 0 radical (unpaired) electrons. The third kappa shape index (κ3) is 10.5. The molecule has 11 heteroatoms. The van der Waals surface area contributed by atoms with Gasteiger partial charge in [-0.15, -0.1) is 11.7 Å². The average molecular weight is 493 g/mol. The average Bonchev–Trinajstić information content (AvgIpc) is 3.00. The zero-order valence-electron chi connectivity index (χ0n) is 20.4. The number of nitrogens with zero attached hydrogens (tertiary/aromatic N) is 1. The molecule has 9 nitrogen and oxygen atoms in total. The smallest absolute Gasteiger partial charge is 0.243 e. The van der Waals surface area contributed by atoms with E-state index in [4.69, 9.17) is 4.74 Å². The molecule has 0 bridgehead atoms. The second-order valence-electron chi connectivity index (χ2n) is 8.48. The zero-order valence-corrected chi connectivity index (χ0v) is 22.1. The zero-order chi connectivity index (χ0) is 24.9. The van der Waals surface area contributed by atoms with Crippen LogP contribution in [0.25, 0.3) is 0 Å². The Hall–Kier alpha value is -1.30. The quantitative estimate of drug-likeness (QED) is 0.135. The Morgan fingerprint density at radius 2 is 1.81 bits per heavy atom. The number of hydrogen-bond acceptors (Lipinski definition) is 8. The highest BCUT2D eigenvalue weighted by Crippen LogP contribution is 2.27. The van der Waals surface area contributed by atoms with Gasteiger partial charge in [0.2, 0.25) is 23.6 Å². The summed E-state index contributed by atoms with van der Waals surface area (Å²) in [6.07, 6.45) is 1.34. The molecule has 0 saturated carbocycles. The summed E-state index contributed by atoms with van der Waals surface area (Å²) in [5.74, 6) is -0.875. The van der Waals surface area contributed by atoms with E-state index in [0.717, 1.165) is 15.7 Å². The van der Waals surface area contributed by atoms with Crippen LogP contribution in [0.4, 0.5) is 0 Å². The first-order valence-electron chi connectivity index (χ1n) is 11.0. The van der Waals surface area contributed by atoms with Crippen molar-refractivity contribution in [2.75, 3.05) is 26.7 Å². The number of nitrogens with one attached hydrogen (secondary N) is 3. The van der Waals surface area contributed by atoms with Gasteiger partial charge >= 0.3 is 0 Å². The van der Waals surface area contributed by atoms with E-state index in [9.17, 15) is 19.2 Å². The highest BCUT2D eigenvalue weighted by Gasteiger charge is 2.38. The minimum atomic E-state index is -0.567. The summed E-state index contributed by atoms with van der Waals surface area (Å²) < 4.78 is 5.91. The molecule has 186 valence electrons. The molecule has 0 spiro atoms. The van der Waals surface area contributed by atoms with Gasteiger partial charge in [0.25, 0.3) is 0 Å². The van der Waals surface area contributed by atoms with Crippen LogP contribution >= 0.6 is 22.5 Å². The third-order valence-corrected chi connectivity index (χ3v) is 6.40. The van der Waals surface area contributed by atoms with E-state index in [2.05, 4.69) is 27.8 Å². The van der Waals surface area contributed by atoms with Crippen LogP contribution in [0.15, 0.2) is 0 Å². The van der Waals surface area contributed by atoms with Crippen LogP contribution in [0.5, 0.6) is 0 Å². The molecule has 0 aromatic carbocycles. The fraction of sp³-hybridized carbons (Fsp3) is 0.810. The first-order valence-corrected chi connectivity index (χ1v) is 12.9. The Morgan fingerprint density at radius 3 is 2.34 bits per heavy atom. The van der Waals surface area contributed by atoms with Gasteiger partial charge in [0.15, 0.2) is 0 Å². The molecular formula is C21H40N4O5S2. The molecule has 0 aliphatic carbocycles. The van der Waals surface area contributed by atoms with Crippen LogP contribution in [0.3, 0.4) is 0 Å². The first-order chi connectivity index (χ1) is 14.9. The van der Waals surface area contributed by atoms with Crippen molar-refractivity contribution in [2.45, 2.75) is 78.1 Å². The maximum absolute atomic E-state index is 12.1. The third-order valence-electron chi connectivity index (χ3n) is 5.01. The molecule has 1 fully saturated rings. The number of likely N-dealkylation sites (tertiary alicyclic amines) is 1. The number of rotatable bonds is 13. The van der Waals surface area contributed by atoms with E-state index in [-0.39, 0.29) is 43.0 Å². The van der Waals surface area contributed by atoms with E-state index in [0.29, 0.717) is 26.0 Å². The minimum absolute atomic E-state index is 0.0670. The number of hydrazine groups is 1. The standard InChI is InChI=1S/C19H34N4O5S2.C2H6/c1-18(2,17(27)22-20-5)8-11-28-19(3,4)7-9-21-14(24)6-10-23-15(25)12-13(30-29)16(23)26;1-2/h13,20,29H,6-12H2,1-5H3,(H,21,24)(H,22,27);1-2H3. The van der Waals surface area contributed by atoms with Gasteiger partial charge < -0.3 is 10.1 Å². The second kappa shape index (κ2) is 14.8. The lowest BCUT2D eigenvalue weighted by Crippen LogP contribution is -2.44. The monoisotopic (exact) mass is 492 g/mol. The van der Waals surface area contributed by atoms with Crippen molar-refractivity contribution in [1.82, 2.24) is 21.1 Å². The van der Waals surface area contributed by atoms with Gasteiger partial charge in [0, 0.05) is 45.0 Å². The van der Waals surface area contributed by atoms with E-state index in [1.807, 2.05) is 41.5 Å². The summed E-state index contributed by atoms with van der Waals surface area (Å²) in [5.41, 5.74) is 4.17. The molecule has 0 aromatic heterocycles. The normalized spacial score (nSPS) is 16.5. The Morgan fingerprint density at radius 1 is 1.19 bits per heavy atom. The van der Waals surface area contributed by atoms with Crippen LogP contribution in [-0.2, 0) is 23.9 Å². The number of amides is 4. The second-order valence-corrected chi connectivity index (χ2v) is 9.89. The highest BCUT2D eigenvalue weighted by molar-refractivity contribution is 8.69. The number of imide groups is 1. The predicted molar refractivity (Wildman–Crippen MR) is 131 cm³/mol. The van der Waals surface area contributed by atoms with Crippen molar-refractivity contribution in [2.24, 2.45) is 5.41 Å². The summed E-state index contributed by atoms with van der Waals surface area (Å²) >= 11 is 4.00. The molecular weight excluding hydrogens is 452 g/mol. The van der Waals surface area contributed by atoms with Crippen LogP contribution < -0.4 is 16.2 Å². The van der Waals surface area contributed by atoms with E-state index >= 15 is 0 Å². The lowest BCUT2D eigenvalue weighted by atomic mass is 9.89. The molecule has 1 aliphatic rings. The molecule has 1 saturated heterocycles. The molecule has 4 amide bonds. The van der Waals surface area contributed by atoms with Gasteiger partial charge in [0.05, 0.1) is 5.60 Å². The largest absolute Gasteiger partial charge is 0.375 e. The van der Waals surface area contributed by atoms with Crippen molar-refractivity contribution in [1.29, 1.82) is 0 Å². The van der Waals surface area contributed by atoms with Gasteiger partial charge in [-0.1, -0.05) is 38.5 Å². The molecule has 1 unspecified atom stereocenters. The summed E-state index contributed by atoms with van der Waals surface area (Å²) in [6.45, 7) is 12.5. The predicted octanol–water partition coefficient (Wildman–Crippen LogP) is 2.08. The number of ether oxygens (including phenoxy) is 1. The lowest BCUT2D eigenvalue weighted by molar-refractivity contribution is -0.138. The Balaban J connectivity index is 0.00000466. The number of hydrogen-bond donors (Lipinski definition) is 4. The van der Waals surface area contributed by atoms with Crippen molar-refractivity contribution in [3.8, 4) is 0 Å². The van der Waals surface area contributed by atoms with E-state index in [1.54, 1.807) is 7.05 Å². The molecule has 3 N–H and O–H groups in total. The summed E-state index contributed by atoms with van der Waals surface area (Å²) in [5, 5.41) is 2.34. The van der Waals surface area contributed by atoms with Crippen molar-refractivity contribution >= 4 is 46.1 Å². The Kier molecular flexibility index (Phi) is 14.2. The first kappa shape index (κ1) is 30.7. The molecule has 1 rings (SSSR count). The summed E-state index contributed by atoms with van der Waals surface area (Å²) in [4.78, 5) is 49.0. The molecule has 0 aromatic rings. The van der Waals surface area contributed by atoms with E-state index < -0.39 is 16.3 Å². The van der Waals surface area contributed by atoms with Crippen LogP contribution in [-0.4, -0.2) is 66.1 Å². The summed E-state index contributed by atoms with van der Waals surface area (Å²) in [6, 6.07) is 0. The number of thiol groups is 1. The molecule has 1 heterocycles. The molecule has 1 atom stereocenters.